The summed E-state index contributed by atoms with van der Waals surface area (Å²) in [5.74, 6) is 0.0947. The highest BCUT2D eigenvalue weighted by atomic mass is 32.2. The molecule has 3 rings (SSSR count). The van der Waals surface area contributed by atoms with Gasteiger partial charge in [-0.05, 0) is 25.7 Å². The molecule has 1 aromatic heterocycles. The van der Waals surface area contributed by atoms with Crippen LogP contribution in [0.15, 0.2) is 4.34 Å². The summed E-state index contributed by atoms with van der Waals surface area (Å²) >= 11 is 2.87. The van der Waals surface area contributed by atoms with E-state index in [9.17, 15) is 9.59 Å². The maximum absolute atomic E-state index is 11.9. The normalized spacial score (nSPS) is 22.5. The van der Waals surface area contributed by atoms with E-state index in [1.807, 2.05) is 0 Å². The molecular weight excluding hydrogens is 308 g/mol. The molecule has 114 valence electrons. The van der Waals surface area contributed by atoms with E-state index < -0.39 is 0 Å². The van der Waals surface area contributed by atoms with E-state index in [0.29, 0.717) is 5.13 Å². The third-order valence-electron chi connectivity index (χ3n) is 3.58. The van der Waals surface area contributed by atoms with Crippen molar-refractivity contribution in [2.24, 2.45) is 0 Å². The molecular formula is C13H18N4O2S2. The zero-order valence-electron chi connectivity index (χ0n) is 11.9. The smallest absolute Gasteiger partial charge is 0.233 e. The zero-order chi connectivity index (χ0) is 14.8. The van der Waals surface area contributed by atoms with E-state index in [1.165, 1.54) is 23.1 Å². The van der Waals surface area contributed by atoms with Gasteiger partial charge in [-0.3, -0.25) is 14.5 Å². The highest BCUT2D eigenvalue weighted by Crippen LogP contribution is 2.37. The van der Waals surface area contributed by atoms with Crippen LogP contribution in [0.3, 0.4) is 0 Å². The molecule has 1 aromatic rings. The number of nitrogens with one attached hydrogen (secondary N) is 1. The zero-order valence-corrected chi connectivity index (χ0v) is 13.5. The summed E-state index contributed by atoms with van der Waals surface area (Å²) < 4.78 is 0.763. The fraction of sp³-hybridized carbons (Fsp3) is 0.692. The monoisotopic (exact) mass is 326 g/mol. The van der Waals surface area contributed by atoms with Gasteiger partial charge >= 0.3 is 0 Å². The third kappa shape index (κ3) is 3.55. The first kappa shape index (κ1) is 14.8. The van der Waals surface area contributed by atoms with Gasteiger partial charge in [0.1, 0.15) is 0 Å². The number of carbonyl (C=O) groups excluding carboxylic acids is 2. The van der Waals surface area contributed by atoms with Crippen molar-refractivity contribution in [3.8, 4) is 0 Å². The van der Waals surface area contributed by atoms with Crippen molar-refractivity contribution in [1.29, 1.82) is 0 Å². The van der Waals surface area contributed by atoms with Gasteiger partial charge in [0.05, 0.1) is 5.25 Å². The van der Waals surface area contributed by atoms with E-state index in [-0.39, 0.29) is 23.1 Å². The second-order valence-corrected chi connectivity index (χ2v) is 7.77. The van der Waals surface area contributed by atoms with Gasteiger partial charge in [-0.2, -0.15) is 0 Å². The van der Waals surface area contributed by atoms with Gasteiger partial charge in [0, 0.05) is 19.5 Å². The molecule has 1 N–H and O–H groups in total. The van der Waals surface area contributed by atoms with Crippen molar-refractivity contribution >= 4 is 40.0 Å². The van der Waals surface area contributed by atoms with Gasteiger partial charge in [-0.1, -0.05) is 29.5 Å². The molecule has 1 atom stereocenters. The average Bonchev–Trinajstić information content (AvgIpc) is 3.18. The Bertz CT molecular complexity index is 544. The van der Waals surface area contributed by atoms with Gasteiger partial charge in [0.2, 0.25) is 16.9 Å². The summed E-state index contributed by atoms with van der Waals surface area (Å²) in [5.41, 5.74) is 0. The Hall–Kier alpha value is -1.15. The Morgan fingerprint density at radius 2 is 2.14 bits per heavy atom. The molecule has 1 unspecified atom stereocenters. The quantitative estimate of drug-likeness (QED) is 0.854. The summed E-state index contributed by atoms with van der Waals surface area (Å²) in [6, 6.07) is 0.287. The summed E-state index contributed by atoms with van der Waals surface area (Å²) in [6.07, 6.45) is 5.01. The van der Waals surface area contributed by atoms with Crippen LogP contribution in [0.1, 0.15) is 39.0 Å². The standard InChI is InChI=1S/C13H18N4O2S2/c1-8(18)17(9-5-6-9)12-15-16-13(21-12)20-10-4-2-3-7-14-11(10)19/h9-10H,2-7H2,1H3,(H,14,19). The van der Waals surface area contributed by atoms with Crippen LogP contribution in [0.25, 0.3) is 0 Å². The Morgan fingerprint density at radius 3 is 2.86 bits per heavy atom. The third-order valence-corrected chi connectivity index (χ3v) is 5.85. The van der Waals surface area contributed by atoms with Crippen molar-refractivity contribution in [3.63, 3.8) is 0 Å². The van der Waals surface area contributed by atoms with Gasteiger partial charge in [0.25, 0.3) is 0 Å². The predicted octanol–water partition coefficient (Wildman–Crippen LogP) is 1.81. The molecule has 2 heterocycles. The van der Waals surface area contributed by atoms with Crippen LogP contribution in [-0.2, 0) is 9.59 Å². The Kier molecular flexibility index (Phi) is 4.44. The molecule has 2 fully saturated rings. The average molecular weight is 326 g/mol. The second kappa shape index (κ2) is 6.31. The van der Waals surface area contributed by atoms with Gasteiger partial charge in [-0.25, -0.2) is 0 Å². The van der Waals surface area contributed by atoms with Crippen molar-refractivity contribution in [3.05, 3.63) is 0 Å². The molecule has 1 aliphatic heterocycles. The van der Waals surface area contributed by atoms with Crippen LogP contribution in [-0.4, -0.2) is 39.8 Å². The van der Waals surface area contributed by atoms with Crippen LogP contribution in [0.5, 0.6) is 0 Å². The van der Waals surface area contributed by atoms with Crippen LogP contribution >= 0.6 is 23.1 Å². The first-order valence-corrected chi connectivity index (χ1v) is 8.92. The lowest BCUT2D eigenvalue weighted by atomic mass is 10.2. The minimum absolute atomic E-state index is 0.0115. The minimum atomic E-state index is -0.0972. The number of hydrogen-bond donors (Lipinski definition) is 1. The number of anilines is 1. The van der Waals surface area contributed by atoms with E-state index in [2.05, 4.69) is 15.5 Å². The molecule has 8 heteroatoms. The minimum Gasteiger partial charge on any atom is -0.355 e. The molecule has 0 aromatic carbocycles. The molecule has 0 radical (unpaired) electrons. The van der Waals surface area contributed by atoms with E-state index in [4.69, 9.17) is 0 Å². The first-order chi connectivity index (χ1) is 10.1. The fourth-order valence-electron chi connectivity index (χ4n) is 2.37. The topological polar surface area (TPSA) is 75.2 Å². The summed E-state index contributed by atoms with van der Waals surface area (Å²) in [7, 11) is 0. The van der Waals surface area contributed by atoms with E-state index >= 15 is 0 Å². The first-order valence-electron chi connectivity index (χ1n) is 7.23. The lowest BCUT2D eigenvalue weighted by Crippen LogP contribution is -2.30. The lowest BCUT2D eigenvalue weighted by Gasteiger charge is -2.15. The lowest BCUT2D eigenvalue weighted by molar-refractivity contribution is -0.120. The Morgan fingerprint density at radius 1 is 1.33 bits per heavy atom. The van der Waals surface area contributed by atoms with Gasteiger partial charge < -0.3 is 5.32 Å². The van der Waals surface area contributed by atoms with Crippen molar-refractivity contribution in [2.75, 3.05) is 11.4 Å². The van der Waals surface area contributed by atoms with E-state index in [1.54, 1.807) is 11.8 Å². The number of hydrogen-bond acceptors (Lipinski definition) is 6. The predicted molar refractivity (Wildman–Crippen MR) is 82.6 cm³/mol. The van der Waals surface area contributed by atoms with E-state index in [0.717, 1.165) is 43.0 Å². The van der Waals surface area contributed by atoms with Crippen molar-refractivity contribution in [2.45, 2.75) is 54.7 Å². The van der Waals surface area contributed by atoms with Crippen LogP contribution in [0.2, 0.25) is 0 Å². The van der Waals surface area contributed by atoms with Crippen molar-refractivity contribution in [1.82, 2.24) is 15.5 Å². The number of aromatic nitrogens is 2. The number of rotatable bonds is 4. The van der Waals surface area contributed by atoms with Crippen LogP contribution < -0.4 is 10.2 Å². The maximum Gasteiger partial charge on any atom is 0.233 e. The SMILES string of the molecule is CC(=O)N(c1nnc(SC2CCCCNC2=O)s1)C1CC1. The number of nitrogens with zero attached hydrogens (tertiary/aromatic N) is 3. The van der Waals surface area contributed by atoms with Gasteiger partial charge in [-0.15, -0.1) is 10.2 Å². The molecule has 2 amide bonds. The van der Waals surface area contributed by atoms with Gasteiger partial charge in [0.15, 0.2) is 4.34 Å². The molecule has 1 saturated heterocycles. The molecule has 1 aliphatic carbocycles. The van der Waals surface area contributed by atoms with Crippen molar-refractivity contribution < 1.29 is 9.59 Å². The Balaban J connectivity index is 1.69. The fourth-order valence-corrected chi connectivity index (χ4v) is 4.64. The largest absolute Gasteiger partial charge is 0.355 e. The number of thioether (sulfide) groups is 1. The molecule has 0 bridgehead atoms. The molecule has 6 nitrogen and oxygen atoms in total. The summed E-state index contributed by atoms with van der Waals surface area (Å²) in [5, 5.41) is 11.8. The molecule has 21 heavy (non-hydrogen) atoms. The maximum atomic E-state index is 11.9. The molecule has 0 spiro atoms. The second-order valence-electron chi connectivity index (χ2n) is 5.36. The Labute approximate surface area is 131 Å². The summed E-state index contributed by atoms with van der Waals surface area (Å²) in [6.45, 7) is 2.32. The van der Waals surface area contributed by atoms with Crippen LogP contribution in [0.4, 0.5) is 5.13 Å². The molecule has 2 aliphatic rings. The summed E-state index contributed by atoms with van der Waals surface area (Å²) in [4.78, 5) is 25.4. The number of carbonyl (C=O) groups is 2. The highest BCUT2D eigenvalue weighted by molar-refractivity contribution is 8.02. The number of amides is 2. The van der Waals surface area contributed by atoms with Crippen LogP contribution in [0, 0.1) is 0 Å². The molecule has 1 saturated carbocycles. The highest BCUT2D eigenvalue weighted by Gasteiger charge is 2.34.